The van der Waals surface area contributed by atoms with Gasteiger partial charge in [-0.1, -0.05) is 72.8 Å². The van der Waals surface area contributed by atoms with Crippen molar-refractivity contribution in [1.82, 2.24) is 20.0 Å². The second-order valence-electron chi connectivity index (χ2n) is 12.1. The molecule has 6 nitrogen and oxygen atoms in total. The van der Waals surface area contributed by atoms with Crippen LogP contribution in [0.15, 0.2) is 89.8 Å². The van der Waals surface area contributed by atoms with Crippen LogP contribution < -0.4 is 5.32 Å². The average molecular weight is 613 g/mol. The van der Waals surface area contributed by atoms with Crippen molar-refractivity contribution in [2.75, 3.05) is 39.3 Å². The molecule has 3 unspecified atom stereocenters. The first-order valence-electron chi connectivity index (χ1n) is 15.8. The third kappa shape index (κ3) is 7.78. The van der Waals surface area contributed by atoms with E-state index in [1.807, 2.05) is 41.3 Å². The van der Waals surface area contributed by atoms with E-state index in [9.17, 15) is 14.0 Å². The van der Waals surface area contributed by atoms with E-state index in [1.165, 1.54) is 17.7 Å². The van der Waals surface area contributed by atoms with Crippen LogP contribution in [0.4, 0.5) is 4.39 Å². The van der Waals surface area contributed by atoms with Gasteiger partial charge in [-0.15, -0.1) is 11.8 Å². The summed E-state index contributed by atoms with van der Waals surface area (Å²) in [6, 6.07) is 26.8. The minimum absolute atomic E-state index is 0.0168. The molecule has 0 aromatic heterocycles. The Labute approximate surface area is 264 Å². The SMILES string of the molecule is O=C(NCCN1CCN(Cc2ccccc2)CC1)C1CCC2S/C(=C\c3ccccc3)C(=O)N(Cc3ccc(F)cc3)C2C1. The third-order valence-electron chi connectivity index (χ3n) is 9.08. The molecule has 2 amide bonds. The van der Waals surface area contributed by atoms with E-state index in [0.717, 1.165) is 68.1 Å². The molecule has 8 heteroatoms. The Bertz CT molecular complexity index is 1430. The summed E-state index contributed by atoms with van der Waals surface area (Å²) in [5, 5.41) is 3.43. The van der Waals surface area contributed by atoms with Crippen molar-refractivity contribution < 1.29 is 14.0 Å². The van der Waals surface area contributed by atoms with E-state index in [1.54, 1.807) is 23.9 Å². The number of thioether (sulfide) groups is 1. The Morgan fingerprint density at radius 3 is 2.23 bits per heavy atom. The normalized spacial score (nSPS) is 23.8. The van der Waals surface area contributed by atoms with Crippen molar-refractivity contribution in [2.45, 2.75) is 43.6 Å². The van der Waals surface area contributed by atoms with Crippen LogP contribution in [0.5, 0.6) is 0 Å². The van der Waals surface area contributed by atoms with E-state index in [0.29, 0.717) is 19.5 Å². The lowest BCUT2D eigenvalue weighted by molar-refractivity contribution is -0.133. The molecule has 1 aliphatic carbocycles. The molecule has 0 bridgehead atoms. The lowest BCUT2D eigenvalue weighted by Crippen LogP contribution is -2.54. The van der Waals surface area contributed by atoms with Gasteiger partial charge in [-0.2, -0.15) is 0 Å². The van der Waals surface area contributed by atoms with E-state index in [4.69, 9.17) is 0 Å². The number of carbonyl (C=O) groups excluding carboxylic acids is 2. The molecule has 1 N–H and O–H groups in total. The number of halogens is 1. The van der Waals surface area contributed by atoms with Crippen molar-refractivity contribution in [3.05, 3.63) is 112 Å². The van der Waals surface area contributed by atoms with Gasteiger partial charge in [0, 0.05) is 69.6 Å². The predicted octanol–water partition coefficient (Wildman–Crippen LogP) is 5.41. The van der Waals surface area contributed by atoms with Gasteiger partial charge in [-0.25, -0.2) is 4.39 Å². The number of carbonyl (C=O) groups is 2. The van der Waals surface area contributed by atoms with Crippen molar-refractivity contribution in [3.63, 3.8) is 0 Å². The summed E-state index contributed by atoms with van der Waals surface area (Å²) >= 11 is 1.65. The molecule has 3 aliphatic rings. The quantitative estimate of drug-likeness (QED) is 0.328. The molecule has 3 aromatic rings. The highest BCUT2D eigenvalue weighted by atomic mass is 32.2. The maximum absolute atomic E-state index is 13.9. The number of hydrogen-bond acceptors (Lipinski definition) is 5. The number of nitrogens with one attached hydrogen (secondary N) is 1. The van der Waals surface area contributed by atoms with Crippen molar-refractivity contribution in [2.24, 2.45) is 5.92 Å². The summed E-state index contributed by atoms with van der Waals surface area (Å²) in [6.07, 6.45) is 4.31. The zero-order chi connectivity index (χ0) is 30.3. The first kappa shape index (κ1) is 30.6. The number of benzene rings is 3. The Hall–Kier alpha value is -3.46. The highest BCUT2D eigenvalue weighted by Gasteiger charge is 2.44. The smallest absolute Gasteiger partial charge is 0.260 e. The molecule has 2 saturated heterocycles. The Kier molecular flexibility index (Phi) is 10.1. The minimum atomic E-state index is -0.291. The number of nitrogens with zero attached hydrogens (tertiary/aromatic N) is 3. The van der Waals surface area contributed by atoms with E-state index in [2.05, 4.69) is 45.4 Å². The third-order valence-corrected chi connectivity index (χ3v) is 10.5. The summed E-state index contributed by atoms with van der Waals surface area (Å²) < 4.78 is 13.6. The molecule has 44 heavy (non-hydrogen) atoms. The molecule has 0 radical (unpaired) electrons. The van der Waals surface area contributed by atoms with Crippen molar-refractivity contribution >= 4 is 29.7 Å². The van der Waals surface area contributed by atoms with Gasteiger partial charge in [-0.05, 0) is 54.2 Å². The van der Waals surface area contributed by atoms with Gasteiger partial charge in [0.25, 0.3) is 5.91 Å². The van der Waals surface area contributed by atoms with Gasteiger partial charge < -0.3 is 10.2 Å². The maximum Gasteiger partial charge on any atom is 0.260 e. The molecule has 2 heterocycles. The fraction of sp³-hybridized carbons (Fsp3) is 0.389. The topological polar surface area (TPSA) is 55.9 Å². The van der Waals surface area contributed by atoms with Crippen LogP contribution in [0, 0.1) is 11.7 Å². The first-order chi connectivity index (χ1) is 21.5. The molecular weight excluding hydrogens is 571 g/mol. The van der Waals surface area contributed by atoms with Crippen LogP contribution in [-0.4, -0.2) is 77.1 Å². The summed E-state index contributed by atoms with van der Waals surface area (Å²) in [7, 11) is 0. The number of amides is 2. The second kappa shape index (κ2) is 14.5. The van der Waals surface area contributed by atoms with Crippen LogP contribution in [-0.2, 0) is 22.7 Å². The molecular formula is C36H41FN4O2S. The molecule has 0 spiro atoms. The molecule has 230 valence electrons. The first-order valence-corrected chi connectivity index (χ1v) is 16.6. The Morgan fingerprint density at radius 2 is 1.50 bits per heavy atom. The standard InChI is InChI=1S/C36H41FN4O2S/c37-31-14-11-29(12-15-31)26-41-32-24-30(13-16-33(32)44-34(36(41)43)23-27-7-3-1-4-8-27)35(42)38-17-18-39-19-21-40(22-20-39)25-28-9-5-2-6-10-28/h1-12,14-15,23,30,32-33H,13,16-22,24-26H2,(H,38,42)/b34-23-. The van der Waals surface area contributed by atoms with Gasteiger partial charge in [0.1, 0.15) is 5.82 Å². The van der Waals surface area contributed by atoms with Gasteiger partial charge in [0.2, 0.25) is 5.91 Å². The molecule has 2 aliphatic heterocycles. The lowest BCUT2D eigenvalue weighted by atomic mass is 9.83. The number of rotatable bonds is 9. The molecule has 3 atom stereocenters. The lowest BCUT2D eigenvalue weighted by Gasteiger charge is -2.46. The zero-order valence-electron chi connectivity index (χ0n) is 25.1. The van der Waals surface area contributed by atoms with Gasteiger partial charge in [0.15, 0.2) is 0 Å². The Morgan fingerprint density at radius 1 is 0.841 bits per heavy atom. The zero-order valence-corrected chi connectivity index (χ0v) is 25.9. The van der Waals surface area contributed by atoms with Crippen LogP contribution >= 0.6 is 11.8 Å². The summed E-state index contributed by atoms with van der Waals surface area (Å²) in [6.45, 7) is 6.95. The predicted molar refractivity (Wildman–Crippen MR) is 175 cm³/mol. The number of fused-ring (bicyclic) bond motifs is 1. The second-order valence-corrected chi connectivity index (χ2v) is 13.4. The monoisotopic (exact) mass is 612 g/mol. The fourth-order valence-electron chi connectivity index (χ4n) is 6.59. The van der Waals surface area contributed by atoms with Crippen LogP contribution in [0.3, 0.4) is 0 Å². The van der Waals surface area contributed by atoms with Crippen molar-refractivity contribution in [1.29, 1.82) is 0 Å². The van der Waals surface area contributed by atoms with E-state index >= 15 is 0 Å². The fourth-order valence-corrected chi connectivity index (χ4v) is 8.01. The van der Waals surface area contributed by atoms with E-state index in [-0.39, 0.29) is 34.8 Å². The van der Waals surface area contributed by atoms with Gasteiger partial charge in [0.05, 0.1) is 4.91 Å². The largest absolute Gasteiger partial charge is 0.355 e. The highest BCUT2D eigenvalue weighted by Crippen LogP contribution is 2.44. The molecule has 3 fully saturated rings. The van der Waals surface area contributed by atoms with Crippen molar-refractivity contribution in [3.8, 4) is 0 Å². The van der Waals surface area contributed by atoms with Crippen LogP contribution in [0.25, 0.3) is 6.08 Å². The molecule has 6 rings (SSSR count). The maximum atomic E-state index is 13.9. The summed E-state index contributed by atoms with van der Waals surface area (Å²) in [5.74, 6) is -0.337. The molecule has 1 saturated carbocycles. The number of hydrogen-bond donors (Lipinski definition) is 1. The number of piperazine rings is 1. The van der Waals surface area contributed by atoms with E-state index < -0.39 is 0 Å². The van der Waals surface area contributed by atoms with Crippen LogP contribution in [0.2, 0.25) is 0 Å². The average Bonchev–Trinajstić information content (AvgIpc) is 3.05. The summed E-state index contributed by atoms with van der Waals surface area (Å²) in [5.41, 5.74) is 3.23. The summed E-state index contributed by atoms with van der Waals surface area (Å²) in [4.78, 5) is 34.8. The molecule has 3 aromatic carbocycles. The highest BCUT2D eigenvalue weighted by molar-refractivity contribution is 8.04. The van der Waals surface area contributed by atoms with Crippen LogP contribution in [0.1, 0.15) is 36.0 Å². The Balaban J connectivity index is 1.04. The van der Waals surface area contributed by atoms with Gasteiger partial charge in [-0.3, -0.25) is 19.4 Å². The van der Waals surface area contributed by atoms with Gasteiger partial charge >= 0.3 is 0 Å². The minimum Gasteiger partial charge on any atom is -0.355 e.